The van der Waals surface area contributed by atoms with Crippen LogP contribution in [0.5, 0.6) is 0 Å². The van der Waals surface area contributed by atoms with Crippen molar-refractivity contribution >= 4 is 43.8 Å². The normalized spacial score (nSPS) is 11.3. The van der Waals surface area contributed by atoms with Gasteiger partial charge in [-0.15, -0.1) is 20.4 Å². The van der Waals surface area contributed by atoms with Crippen LogP contribution >= 0.6 is 31.9 Å². The van der Waals surface area contributed by atoms with Crippen LogP contribution in [0.25, 0.3) is 22.8 Å². The van der Waals surface area contributed by atoms with Crippen LogP contribution in [0.1, 0.15) is 0 Å². The zero-order valence-electron chi connectivity index (χ0n) is 13.1. The molecule has 0 radical (unpaired) electrons. The summed E-state index contributed by atoms with van der Waals surface area (Å²) in [6.07, 6.45) is 0. The van der Waals surface area contributed by atoms with Crippen molar-refractivity contribution in [3.63, 3.8) is 0 Å². The second kappa shape index (κ2) is 7.26. The lowest BCUT2D eigenvalue weighted by Crippen LogP contribution is -1.79. The van der Waals surface area contributed by atoms with Gasteiger partial charge in [0.25, 0.3) is 11.9 Å². The van der Waals surface area contributed by atoms with E-state index in [4.69, 9.17) is 0 Å². The van der Waals surface area contributed by atoms with Crippen molar-refractivity contribution in [3.05, 3.63) is 57.5 Å². The predicted octanol–water partition coefficient (Wildman–Crippen LogP) is 5.20. The molecule has 2 heterocycles. The molecule has 10 heteroatoms. The zero-order valence-corrected chi connectivity index (χ0v) is 16.2. The van der Waals surface area contributed by atoms with E-state index in [0.29, 0.717) is 11.6 Å². The Kier molecular flexibility index (Phi) is 4.67. The SMILES string of the molecule is Brc1ccc(-c2nc(N=Nc3n[nH]c(-c4ccc(Br)cc4)n3)n[nH]2)cc1. The van der Waals surface area contributed by atoms with Crippen molar-refractivity contribution in [1.29, 1.82) is 0 Å². The van der Waals surface area contributed by atoms with Crippen molar-refractivity contribution in [2.75, 3.05) is 0 Å². The first kappa shape index (κ1) is 16.7. The Bertz CT molecular complexity index is 965. The summed E-state index contributed by atoms with van der Waals surface area (Å²) in [5, 5.41) is 21.7. The molecule has 26 heavy (non-hydrogen) atoms. The molecule has 0 atom stereocenters. The van der Waals surface area contributed by atoms with Gasteiger partial charge in [-0.1, -0.05) is 56.1 Å². The van der Waals surface area contributed by atoms with Gasteiger partial charge in [0.15, 0.2) is 11.6 Å². The van der Waals surface area contributed by atoms with Crippen LogP contribution in [0.4, 0.5) is 11.9 Å². The van der Waals surface area contributed by atoms with E-state index in [0.717, 1.165) is 20.1 Å². The number of halogens is 2. The summed E-state index contributed by atoms with van der Waals surface area (Å²) in [7, 11) is 0. The number of nitrogens with one attached hydrogen (secondary N) is 2. The highest BCUT2D eigenvalue weighted by atomic mass is 79.9. The third kappa shape index (κ3) is 3.75. The molecule has 0 aliphatic heterocycles. The molecule has 0 unspecified atom stereocenters. The Hall–Kier alpha value is -2.72. The molecule has 2 N–H and O–H groups in total. The molecule has 2 aromatic carbocycles. The highest BCUT2D eigenvalue weighted by Gasteiger charge is 2.07. The van der Waals surface area contributed by atoms with Crippen LogP contribution in [0, 0.1) is 0 Å². The van der Waals surface area contributed by atoms with E-state index in [1.165, 1.54) is 0 Å². The summed E-state index contributed by atoms with van der Waals surface area (Å²) >= 11 is 6.79. The molecule has 4 rings (SSSR count). The smallest absolute Gasteiger partial charge is 0.257 e. The predicted molar refractivity (Wildman–Crippen MR) is 103 cm³/mol. The number of hydrogen-bond donors (Lipinski definition) is 2. The average molecular weight is 474 g/mol. The van der Waals surface area contributed by atoms with E-state index in [-0.39, 0.29) is 11.9 Å². The van der Waals surface area contributed by atoms with Crippen molar-refractivity contribution in [3.8, 4) is 22.8 Å². The molecule has 0 saturated heterocycles. The maximum atomic E-state index is 4.29. The monoisotopic (exact) mass is 472 g/mol. The Balaban J connectivity index is 1.50. The van der Waals surface area contributed by atoms with Gasteiger partial charge < -0.3 is 0 Å². The number of H-pyrrole nitrogens is 2. The first-order valence-corrected chi connectivity index (χ1v) is 9.04. The molecule has 2 aromatic heterocycles. The van der Waals surface area contributed by atoms with Crippen molar-refractivity contribution < 1.29 is 0 Å². The number of hydrogen-bond acceptors (Lipinski definition) is 6. The Labute approximate surface area is 164 Å². The number of rotatable bonds is 4. The first-order valence-electron chi connectivity index (χ1n) is 7.46. The van der Waals surface area contributed by atoms with E-state index in [1.54, 1.807) is 0 Å². The maximum absolute atomic E-state index is 4.29. The van der Waals surface area contributed by atoms with E-state index < -0.39 is 0 Å². The number of azo groups is 1. The van der Waals surface area contributed by atoms with Crippen LogP contribution < -0.4 is 0 Å². The lowest BCUT2D eigenvalue weighted by atomic mass is 10.2. The minimum atomic E-state index is 0.206. The van der Waals surface area contributed by atoms with E-state index >= 15 is 0 Å². The van der Waals surface area contributed by atoms with Crippen LogP contribution in [0.3, 0.4) is 0 Å². The van der Waals surface area contributed by atoms with Gasteiger partial charge in [0, 0.05) is 20.1 Å². The molecule has 0 aliphatic rings. The molecule has 4 aromatic rings. The summed E-state index contributed by atoms with van der Waals surface area (Å²) in [5.41, 5.74) is 1.80. The third-order valence-electron chi connectivity index (χ3n) is 3.41. The summed E-state index contributed by atoms with van der Waals surface area (Å²) in [6.45, 7) is 0. The van der Waals surface area contributed by atoms with Gasteiger partial charge in [0.05, 0.1) is 0 Å². The minimum Gasteiger partial charge on any atom is -0.257 e. The molecule has 0 bridgehead atoms. The standard InChI is InChI=1S/C16H10Br2N8/c17-11-5-1-9(2-6-11)13-19-15(23-21-13)25-26-16-20-14(22-24-16)10-3-7-12(18)8-4-10/h1-8H,(H,19,21,23)(H,20,22,24). The van der Waals surface area contributed by atoms with E-state index in [1.807, 2.05) is 48.5 Å². The van der Waals surface area contributed by atoms with E-state index in [2.05, 4.69) is 72.5 Å². The second-order valence-electron chi connectivity index (χ2n) is 5.18. The highest BCUT2D eigenvalue weighted by Crippen LogP contribution is 2.22. The van der Waals surface area contributed by atoms with Crippen molar-refractivity contribution in [1.82, 2.24) is 30.4 Å². The third-order valence-corrected chi connectivity index (χ3v) is 4.47. The van der Waals surface area contributed by atoms with Gasteiger partial charge in [0.1, 0.15) is 0 Å². The van der Waals surface area contributed by atoms with Crippen molar-refractivity contribution in [2.45, 2.75) is 0 Å². The topological polar surface area (TPSA) is 108 Å². The maximum Gasteiger partial charge on any atom is 0.287 e. The van der Waals surface area contributed by atoms with Crippen LogP contribution in [0.15, 0.2) is 67.7 Å². The Morgan fingerprint density at radius 2 is 1.00 bits per heavy atom. The molecule has 128 valence electrons. The number of nitrogens with zero attached hydrogens (tertiary/aromatic N) is 6. The first-order chi connectivity index (χ1) is 12.7. The molecule has 8 nitrogen and oxygen atoms in total. The molecule has 0 aliphatic carbocycles. The quantitative estimate of drug-likeness (QED) is 0.397. The summed E-state index contributed by atoms with van der Waals surface area (Å²) in [5.74, 6) is 1.63. The van der Waals surface area contributed by atoms with Gasteiger partial charge in [0.2, 0.25) is 0 Å². The summed E-state index contributed by atoms with van der Waals surface area (Å²) < 4.78 is 1.98. The second-order valence-corrected chi connectivity index (χ2v) is 7.01. The average Bonchev–Trinajstić information content (AvgIpc) is 3.31. The molecular formula is C16H10Br2N8. The van der Waals surface area contributed by atoms with E-state index in [9.17, 15) is 0 Å². The molecule has 0 fully saturated rings. The lowest BCUT2D eigenvalue weighted by Gasteiger charge is -1.94. The van der Waals surface area contributed by atoms with Crippen LogP contribution in [-0.4, -0.2) is 30.4 Å². The van der Waals surface area contributed by atoms with Gasteiger partial charge in [-0.25, -0.2) is 0 Å². The van der Waals surface area contributed by atoms with Crippen molar-refractivity contribution in [2.24, 2.45) is 10.2 Å². The number of aromatic amines is 2. The summed E-state index contributed by atoms with van der Waals surface area (Å²) in [4.78, 5) is 8.57. The zero-order chi connectivity index (χ0) is 17.9. The Morgan fingerprint density at radius 3 is 1.38 bits per heavy atom. The van der Waals surface area contributed by atoms with Gasteiger partial charge in [-0.05, 0) is 24.3 Å². The fraction of sp³-hybridized carbons (Fsp3) is 0. The van der Waals surface area contributed by atoms with Gasteiger partial charge in [-0.2, -0.15) is 9.97 Å². The van der Waals surface area contributed by atoms with Crippen LogP contribution in [0.2, 0.25) is 0 Å². The molecular weight excluding hydrogens is 464 g/mol. The number of aromatic nitrogens is 6. The largest absolute Gasteiger partial charge is 0.287 e. The highest BCUT2D eigenvalue weighted by molar-refractivity contribution is 9.10. The van der Waals surface area contributed by atoms with Gasteiger partial charge in [-0.3, -0.25) is 10.2 Å². The fourth-order valence-electron chi connectivity index (χ4n) is 2.16. The molecule has 0 saturated carbocycles. The summed E-state index contributed by atoms with van der Waals surface area (Å²) in [6, 6.07) is 15.4. The fourth-order valence-corrected chi connectivity index (χ4v) is 2.69. The molecule has 0 spiro atoms. The lowest BCUT2D eigenvalue weighted by molar-refractivity contribution is 1.01. The van der Waals surface area contributed by atoms with Crippen LogP contribution in [-0.2, 0) is 0 Å². The Morgan fingerprint density at radius 1 is 0.615 bits per heavy atom. The minimum absolute atomic E-state index is 0.206. The van der Waals surface area contributed by atoms with Gasteiger partial charge >= 0.3 is 0 Å². The molecule has 0 amide bonds. The number of benzene rings is 2.